The summed E-state index contributed by atoms with van der Waals surface area (Å²) < 4.78 is 10.8. The van der Waals surface area contributed by atoms with Gasteiger partial charge in [-0.1, -0.05) is 32.0 Å². The van der Waals surface area contributed by atoms with Gasteiger partial charge in [0.05, 0.1) is 25.5 Å². The molecule has 6 nitrogen and oxygen atoms in total. The van der Waals surface area contributed by atoms with E-state index >= 15 is 0 Å². The summed E-state index contributed by atoms with van der Waals surface area (Å²) in [6.45, 7) is 5.82. The lowest BCUT2D eigenvalue weighted by Crippen LogP contribution is -2.38. The van der Waals surface area contributed by atoms with Crippen LogP contribution < -0.4 is 14.4 Å². The average Bonchev–Trinajstić information content (AvgIpc) is 3.09. The van der Waals surface area contributed by atoms with E-state index in [-0.39, 0.29) is 11.8 Å². The number of aryl methyl sites for hydroxylation is 1. The van der Waals surface area contributed by atoms with Crippen molar-refractivity contribution in [2.24, 2.45) is 5.92 Å². The molecule has 0 atom stereocenters. The summed E-state index contributed by atoms with van der Waals surface area (Å²) in [4.78, 5) is 30.7. The highest BCUT2D eigenvalue weighted by Gasteiger charge is 2.43. The number of methoxy groups -OCH3 is 2. The van der Waals surface area contributed by atoms with Crippen molar-refractivity contribution in [1.29, 1.82) is 0 Å². The molecule has 0 N–H and O–H groups in total. The third-order valence-electron chi connectivity index (χ3n) is 6.43. The lowest BCUT2D eigenvalue weighted by molar-refractivity contribution is -0.120. The lowest BCUT2D eigenvalue weighted by Gasteiger charge is -2.32. The molecule has 168 valence electrons. The van der Waals surface area contributed by atoms with Gasteiger partial charge in [0.25, 0.3) is 11.8 Å². The first-order valence-electron chi connectivity index (χ1n) is 11.2. The zero-order chi connectivity index (χ0) is 22.8. The molecule has 2 aliphatic rings. The second-order valence-electron chi connectivity index (χ2n) is 8.43. The number of hydrogen-bond donors (Lipinski definition) is 0. The van der Waals surface area contributed by atoms with Crippen LogP contribution in [0.3, 0.4) is 0 Å². The molecule has 0 radical (unpaired) electrons. The van der Waals surface area contributed by atoms with Gasteiger partial charge in [-0.2, -0.15) is 0 Å². The van der Waals surface area contributed by atoms with Gasteiger partial charge < -0.3 is 14.4 Å². The maximum Gasteiger partial charge on any atom is 0.282 e. The third-order valence-corrected chi connectivity index (χ3v) is 6.43. The van der Waals surface area contributed by atoms with Crippen molar-refractivity contribution in [2.45, 2.75) is 33.1 Å². The van der Waals surface area contributed by atoms with Crippen LogP contribution >= 0.6 is 0 Å². The highest BCUT2D eigenvalue weighted by Crippen LogP contribution is 2.39. The first kappa shape index (κ1) is 21.9. The van der Waals surface area contributed by atoms with E-state index in [0.29, 0.717) is 39.9 Å². The Morgan fingerprint density at radius 1 is 0.906 bits per heavy atom. The smallest absolute Gasteiger partial charge is 0.282 e. The van der Waals surface area contributed by atoms with Crippen LogP contribution in [0, 0.1) is 5.92 Å². The van der Waals surface area contributed by atoms with Crippen LogP contribution in [0.25, 0.3) is 5.57 Å². The minimum absolute atomic E-state index is 0.265. The maximum atomic E-state index is 13.7. The van der Waals surface area contributed by atoms with Crippen molar-refractivity contribution in [3.8, 4) is 11.5 Å². The number of anilines is 1. The van der Waals surface area contributed by atoms with Gasteiger partial charge >= 0.3 is 0 Å². The molecule has 0 saturated carbocycles. The number of carbonyl (C=O) groups excluding carboxylic acids is 2. The fourth-order valence-electron chi connectivity index (χ4n) is 4.41. The van der Waals surface area contributed by atoms with Crippen molar-refractivity contribution in [2.75, 3.05) is 32.2 Å². The number of piperidine rings is 1. The standard InChI is InChI=1S/C26H30N2O4/c1-5-18-6-9-20(10-7-18)28-25(29)23(19-8-11-21(31-3)22(16-19)32-4)24(26(28)30)27-14-12-17(2)13-15-27/h6-11,16-17H,5,12-15H2,1-4H3. The molecule has 0 aliphatic carbocycles. The lowest BCUT2D eigenvalue weighted by atomic mass is 9.97. The van der Waals surface area contributed by atoms with Crippen LogP contribution in [0.4, 0.5) is 5.69 Å². The van der Waals surface area contributed by atoms with Gasteiger partial charge in [0.1, 0.15) is 5.70 Å². The first-order chi connectivity index (χ1) is 15.5. The van der Waals surface area contributed by atoms with Crippen molar-refractivity contribution in [3.63, 3.8) is 0 Å². The molecular formula is C26H30N2O4. The summed E-state index contributed by atoms with van der Waals surface area (Å²) in [5.41, 5.74) is 3.31. The molecule has 0 aromatic heterocycles. The number of benzene rings is 2. The number of hydrogen-bond acceptors (Lipinski definition) is 5. The van der Waals surface area contributed by atoms with E-state index in [1.165, 1.54) is 4.90 Å². The first-order valence-corrected chi connectivity index (χ1v) is 11.2. The van der Waals surface area contributed by atoms with Gasteiger partial charge in [0, 0.05) is 13.1 Å². The highest BCUT2D eigenvalue weighted by atomic mass is 16.5. The Balaban J connectivity index is 1.81. The van der Waals surface area contributed by atoms with Crippen LogP contribution in [-0.4, -0.2) is 44.0 Å². The predicted molar refractivity (Wildman–Crippen MR) is 125 cm³/mol. The van der Waals surface area contributed by atoms with Crippen molar-refractivity contribution in [3.05, 3.63) is 59.3 Å². The molecule has 1 saturated heterocycles. The molecule has 1 fully saturated rings. The normalized spacial score (nSPS) is 17.4. The molecule has 0 unspecified atom stereocenters. The number of amides is 2. The number of rotatable bonds is 6. The van der Waals surface area contributed by atoms with Gasteiger partial charge in [0.15, 0.2) is 11.5 Å². The van der Waals surface area contributed by atoms with E-state index in [0.717, 1.165) is 37.9 Å². The molecule has 2 amide bonds. The number of imide groups is 1. The summed E-state index contributed by atoms with van der Waals surface area (Å²) in [6.07, 6.45) is 2.89. The highest BCUT2D eigenvalue weighted by molar-refractivity contribution is 6.45. The van der Waals surface area contributed by atoms with Gasteiger partial charge in [-0.05, 0) is 60.6 Å². The van der Waals surface area contributed by atoms with E-state index in [2.05, 4.69) is 18.7 Å². The maximum absolute atomic E-state index is 13.7. The Hall–Kier alpha value is -3.28. The third kappa shape index (κ3) is 3.85. The fourth-order valence-corrected chi connectivity index (χ4v) is 4.41. The van der Waals surface area contributed by atoms with Gasteiger partial charge in [0.2, 0.25) is 0 Å². The Morgan fingerprint density at radius 3 is 2.16 bits per heavy atom. The molecule has 0 bridgehead atoms. The molecule has 4 rings (SSSR count). The van der Waals surface area contributed by atoms with E-state index in [1.54, 1.807) is 26.4 Å². The van der Waals surface area contributed by atoms with Crippen molar-refractivity contribution < 1.29 is 19.1 Å². The average molecular weight is 435 g/mol. The van der Waals surface area contributed by atoms with Crippen LogP contribution in [-0.2, 0) is 16.0 Å². The Morgan fingerprint density at radius 2 is 1.56 bits per heavy atom. The largest absolute Gasteiger partial charge is 0.493 e. The van der Waals surface area contributed by atoms with Crippen LogP contribution in [0.15, 0.2) is 48.2 Å². The van der Waals surface area contributed by atoms with Crippen molar-refractivity contribution in [1.82, 2.24) is 4.90 Å². The molecular weight excluding hydrogens is 404 g/mol. The molecule has 0 spiro atoms. The second-order valence-corrected chi connectivity index (χ2v) is 8.43. The van der Waals surface area contributed by atoms with E-state index in [1.807, 2.05) is 30.3 Å². The molecule has 2 heterocycles. The molecule has 2 aromatic rings. The Bertz CT molecular complexity index is 1050. The number of carbonyl (C=O) groups is 2. The number of ether oxygens (including phenoxy) is 2. The van der Waals surface area contributed by atoms with Gasteiger partial charge in [-0.25, -0.2) is 4.90 Å². The Kier molecular flexibility index (Phi) is 6.21. The van der Waals surface area contributed by atoms with Gasteiger partial charge in [-0.3, -0.25) is 9.59 Å². The van der Waals surface area contributed by atoms with E-state index in [9.17, 15) is 9.59 Å². The predicted octanol–water partition coefficient (Wildman–Crippen LogP) is 4.28. The zero-order valence-corrected chi connectivity index (χ0v) is 19.2. The molecule has 32 heavy (non-hydrogen) atoms. The summed E-state index contributed by atoms with van der Waals surface area (Å²) in [5, 5.41) is 0. The summed E-state index contributed by atoms with van der Waals surface area (Å²) >= 11 is 0. The second kappa shape index (κ2) is 9.07. The quantitative estimate of drug-likeness (QED) is 0.635. The topological polar surface area (TPSA) is 59.1 Å². The molecule has 2 aliphatic heterocycles. The van der Waals surface area contributed by atoms with E-state index in [4.69, 9.17) is 9.47 Å². The number of likely N-dealkylation sites (tertiary alicyclic amines) is 1. The SMILES string of the molecule is CCc1ccc(N2C(=O)C(c3ccc(OC)c(OC)c3)=C(N3CCC(C)CC3)C2=O)cc1. The van der Waals surface area contributed by atoms with Crippen LogP contribution in [0.2, 0.25) is 0 Å². The Labute approximate surface area is 189 Å². The summed E-state index contributed by atoms with van der Waals surface area (Å²) in [6, 6.07) is 13.0. The summed E-state index contributed by atoms with van der Waals surface area (Å²) in [5.74, 6) is 1.14. The van der Waals surface area contributed by atoms with Gasteiger partial charge in [-0.15, -0.1) is 0 Å². The number of nitrogens with zero attached hydrogens (tertiary/aromatic N) is 2. The zero-order valence-electron chi connectivity index (χ0n) is 19.2. The minimum atomic E-state index is -0.305. The summed E-state index contributed by atoms with van der Waals surface area (Å²) in [7, 11) is 3.13. The monoisotopic (exact) mass is 434 g/mol. The van der Waals surface area contributed by atoms with Crippen LogP contribution in [0.1, 0.15) is 37.8 Å². The molecule has 2 aromatic carbocycles. The van der Waals surface area contributed by atoms with E-state index < -0.39 is 0 Å². The van der Waals surface area contributed by atoms with Crippen molar-refractivity contribution >= 4 is 23.1 Å². The minimum Gasteiger partial charge on any atom is -0.493 e. The van der Waals surface area contributed by atoms with Crippen LogP contribution in [0.5, 0.6) is 11.5 Å². The fraction of sp³-hybridized carbons (Fsp3) is 0.385. The molecule has 6 heteroatoms.